The zero-order valence-corrected chi connectivity index (χ0v) is 18.8. The van der Waals surface area contributed by atoms with Crippen LogP contribution < -0.4 is 10.2 Å². The number of nitrogens with zero attached hydrogens (tertiary/aromatic N) is 5. The van der Waals surface area contributed by atoms with Gasteiger partial charge in [0.05, 0.1) is 16.7 Å². The van der Waals surface area contributed by atoms with E-state index in [2.05, 4.69) is 38.8 Å². The highest BCUT2D eigenvalue weighted by atomic mass is 32.1. The minimum Gasteiger partial charge on any atom is -0.354 e. The number of pyridine rings is 1. The van der Waals surface area contributed by atoms with Crippen LogP contribution in [-0.4, -0.2) is 33.0 Å². The summed E-state index contributed by atoms with van der Waals surface area (Å²) >= 11 is 1.63. The van der Waals surface area contributed by atoms with Crippen molar-refractivity contribution in [3.63, 3.8) is 0 Å². The zero-order valence-electron chi connectivity index (χ0n) is 18.0. The van der Waals surface area contributed by atoms with Crippen LogP contribution in [0, 0.1) is 0 Å². The molecule has 0 atom stereocenters. The first-order chi connectivity index (χ1) is 16.3. The number of rotatable bonds is 5. The van der Waals surface area contributed by atoms with Crippen LogP contribution in [0.15, 0.2) is 78.4 Å². The van der Waals surface area contributed by atoms with Crippen molar-refractivity contribution in [2.75, 3.05) is 23.3 Å². The Morgan fingerprint density at radius 3 is 2.45 bits per heavy atom. The first-order valence-electron chi connectivity index (χ1n) is 11.1. The van der Waals surface area contributed by atoms with Crippen LogP contribution in [0.4, 0.5) is 17.3 Å². The van der Waals surface area contributed by atoms with E-state index in [-0.39, 0.29) is 0 Å². The summed E-state index contributed by atoms with van der Waals surface area (Å²) in [7, 11) is 0. The summed E-state index contributed by atoms with van der Waals surface area (Å²) < 4.78 is 0. The molecule has 0 spiro atoms. The fourth-order valence-electron chi connectivity index (χ4n) is 4.15. The molecule has 1 fully saturated rings. The van der Waals surface area contributed by atoms with Crippen LogP contribution in [-0.2, 0) is 0 Å². The lowest BCUT2D eigenvalue weighted by atomic mass is 10.1. The molecule has 3 aromatic heterocycles. The van der Waals surface area contributed by atoms with Crippen molar-refractivity contribution in [2.45, 2.75) is 12.8 Å². The maximum atomic E-state index is 4.96. The minimum atomic E-state index is 0.794. The van der Waals surface area contributed by atoms with Crippen LogP contribution in [0.5, 0.6) is 0 Å². The molecule has 0 saturated carbocycles. The monoisotopic (exact) mass is 450 g/mol. The van der Waals surface area contributed by atoms with Crippen molar-refractivity contribution < 1.29 is 0 Å². The van der Waals surface area contributed by atoms with Gasteiger partial charge in [0.2, 0.25) is 0 Å². The van der Waals surface area contributed by atoms with Gasteiger partial charge in [-0.1, -0.05) is 24.3 Å². The first-order valence-corrected chi connectivity index (χ1v) is 12.0. The molecule has 1 aliphatic rings. The average molecular weight is 451 g/mol. The second kappa shape index (κ2) is 8.60. The number of para-hydroxylation sites is 2. The number of nitrogens with one attached hydrogen (secondary N) is 1. The molecular weight excluding hydrogens is 428 g/mol. The molecule has 1 N–H and O–H groups in total. The van der Waals surface area contributed by atoms with Gasteiger partial charge in [-0.05, 0) is 49.2 Å². The largest absolute Gasteiger partial charge is 0.354 e. The van der Waals surface area contributed by atoms with Gasteiger partial charge in [-0.25, -0.2) is 15.0 Å². The van der Waals surface area contributed by atoms with E-state index in [1.165, 1.54) is 12.8 Å². The Labute approximate surface area is 196 Å². The topological polar surface area (TPSA) is 66.8 Å². The average Bonchev–Trinajstić information content (AvgIpc) is 3.57. The molecule has 4 heterocycles. The summed E-state index contributed by atoms with van der Waals surface area (Å²) in [4.78, 5) is 21.2. The Balaban J connectivity index is 1.34. The van der Waals surface area contributed by atoms with E-state index in [9.17, 15) is 0 Å². The zero-order chi connectivity index (χ0) is 22.0. The number of benzene rings is 2. The number of hydrogen-bond acceptors (Lipinski definition) is 7. The van der Waals surface area contributed by atoms with Crippen molar-refractivity contribution in [3.05, 3.63) is 78.4 Å². The van der Waals surface area contributed by atoms with Crippen LogP contribution in [0.2, 0.25) is 0 Å². The van der Waals surface area contributed by atoms with Gasteiger partial charge < -0.3 is 10.2 Å². The highest BCUT2D eigenvalue weighted by Gasteiger charge is 2.20. The molecule has 1 saturated heterocycles. The summed E-state index contributed by atoms with van der Waals surface area (Å²) in [5, 5.41) is 6.60. The third-order valence-corrected chi connectivity index (χ3v) is 6.68. The molecule has 1 aliphatic heterocycles. The van der Waals surface area contributed by atoms with E-state index in [1.54, 1.807) is 17.5 Å². The molecule has 33 heavy (non-hydrogen) atoms. The third-order valence-electron chi connectivity index (χ3n) is 5.79. The summed E-state index contributed by atoms with van der Waals surface area (Å²) in [6.45, 7) is 2.02. The van der Waals surface area contributed by atoms with E-state index in [4.69, 9.17) is 15.0 Å². The molecule has 0 amide bonds. The van der Waals surface area contributed by atoms with Crippen molar-refractivity contribution in [1.29, 1.82) is 0 Å². The Hall–Kier alpha value is -3.84. The van der Waals surface area contributed by atoms with Gasteiger partial charge in [0.25, 0.3) is 0 Å². The Morgan fingerprint density at radius 1 is 0.818 bits per heavy atom. The quantitative estimate of drug-likeness (QED) is 0.346. The molecular formula is C26H22N6S. The smallest absolute Gasteiger partial charge is 0.174 e. The highest BCUT2D eigenvalue weighted by Crippen LogP contribution is 2.33. The van der Waals surface area contributed by atoms with Crippen molar-refractivity contribution in [3.8, 4) is 21.8 Å². The SMILES string of the molecule is c1cc(Nc2nc3ccccc3nc2N2CCCC2)cc(-c2csc(-c3cccnc3)n2)c1. The van der Waals surface area contributed by atoms with Crippen LogP contribution >= 0.6 is 11.3 Å². The normalized spacial score (nSPS) is 13.5. The minimum absolute atomic E-state index is 0.794. The lowest BCUT2D eigenvalue weighted by molar-refractivity contribution is 0.939. The van der Waals surface area contributed by atoms with E-state index in [0.717, 1.165) is 63.3 Å². The number of anilines is 3. The molecule has 0 unspecified atom stereocenters. The van der Waals surface area contributed by atoms with Gasteiger partial charge in [0, 0.05) is 47.7 Å². The first kappa shape index (κ1) is 19.8. The van der Waals surface area contributed by atoms with Gasteiger partial charge >= 0.3 is 0 Å². The lowest BCUT2D eigenvalue weighted by Gasteiger charge is -2.20. The van der Waals surface area contributed by atoms with Gasteiger partial charge in [0.15, 0.2) is 11.6 Å². The van der Waals surface area contributed by atoms with E-state index in [1.807, 2.05) is 48.7 Å². The Morgan fingerprint density at radius 2 is 1.64 bits per heavy atom. The molecule has 0 radical (unpaired) electrons. The van der Waals surface area contributed by atoms with Crippen molar-refractivity contribution in [2.24, 2.45) is 0 Å². The maximum Gasteiger partial charge on any atom is 0.174 e. The summed E-state index contributed by atoms with van der Waals surface area (Å²) in [5.74, 6) is 1.71. The number of aromatic nitrogens is 4. The molecule has 7 heteroatoms. The molecule has 162 valence electrons. The molecule has 2 aromatic carbocycles. The highest BCUT2D eigenvalue weighted by molar-refractivity contribution is 7.13. The third kappa shape index (κ3) is 4.03. The standard InChI is InChI=1S/C26H22N6S/c1-2-11-22-21(10-1)29-24(25(30-22)32-13-3-4-14-32)28-20-9-5-7-18(15-20)23-17-33-26(31-23)19-8-6-12-27-16-19/h1-2,5-12,15-17H,3-4,13-14H2,(H,28,29). The van der Waals surface area contributed by atoms with Gasteiger partial charge in [-0.2, -0.15) is 0 Å². The Kier molecular flexibility index (Phi) is 5.16. The van der Waals surface area contributed by atoms with Crippen molar-refractivity contribution in [1.82, 2.24) is 19.9 Å². The second-order valence-electron chi connectivity index (χ2n) is 8.06. The van der Waals surface area contributed by atoms with E-state index in [0.29, 0.717) is 0 Å². The summed E-state index contributed by atoms with van der Waals surface area (Å²) in [5.41, 5.74) is 5.82. The molecule has 6 rings (SSSR count). The maximum absolute atomic E-state index is 4.96. The predicted molar refractivity (Wildman–Crippen MR) is 135 cm³/mol. The lowest BCUT2D eigenvalue weighted by Crippen LogP contribution is -2.21. The molecule has 5 aromatic rings. The number of hydrogen-bond donors (Lipinski definition) is 1. The Bertz CT molecular complexity index is 1410. The van der Waals surface area contributed by atoms with E-state index < -0.39 is 0 Å². The van der Waals surface area contributed by atoms with Gasteiger partial charge in [0.1, 0.15) is 5.01 Å². The molecule has 0 bridgehead atoms. The van der Waals surface area contributed by atoms with Crippen LogP contribution in [0.3, 0.4) is 0 Å². The summed E-state index contributed by atoms with van der Waals surface area (Å²) in [6, 6.07) is 20.3. The van der Waals surface area contributed by atoms with Crippen molar-refractivity contribution >= 4 is 39.7 Å². The van der Waals surface area contributed by atoms with Gasteiger partial charge in [-0.3, -0.25) is 4.98 Å². The predicted octanol–water partition coefficient (Wildman–Crippen LogP) is 6.16. The fraction of sp³-hybridized carbons (Fsp3) is 0.154. The molecule has 0 aliphatic carbocycles. The second-order valence-corrected chi connectivity index (χ2v) is 8.92. The fourth-order valence-corrected chi connectivity index (χ4v) is 4.97. The number of thiazole rings is 1. The van der Waals surface area contributed by atoms with Gasteiger partial charge in [-0.15, -0.1) is 11.3 Å². The van der Waals surface area contributed by atoms with E-state index >= 15 is 0 Å². The molecule has 6 nitrogen and oxygen atoms in total. The number of fused-ring (bicyclic) bond motifs is 1. The van der Waals surface area contributed by atoms with Crippen LogP contribution in [0.1, 0.15) is 12.8 Å². The summed E-state index contributed by atoms with van der Waals surface area (Å²) in [6.07, 6.45) is 6.00. The van der Waals surface area contributed by atoms with Crippen LogP contribution in [0.25, 0.3) is 32.9 Å².